The number of ether oxygens (including phenoxy) is 1. The number of hydrogen-bond acceptors (Lipinski definition) is 4. The summed E-state index contributed by atoms with van der Waals surface area (Å²) in [6.45, 7) is -0.425. The van der Waals surface area contributed by atoms with E-state index in [9.17, 15) is 14.4 Å². The van der Waals surface area contributed by atoms with Gasteiger partial charge in [0, 0.05) is 5.69 Å². The van der Waals surface area contributed by atoms with E-state index in [0.29, 0.717) is 11.4 Å². The molecule has 0 aliphatic carbocycles. The van der Waals surface area contributed by atoms with Gasteiger partial charge in [-0.15, -0.1) is 0 Å². The first-order valence-corrected chi connectivity index (χ1v) is 7.20. The minimum absolute atomic E-state index is 0.0526. The maximum Gasteiger partial charge on any atom is 0.335 e. The van der Waals surface area contributed by atoms with E-state index in [0.717, 1.165) is 0 Å². The fourth-order valence-corrected chi connectivity index (χ4v) is 2.38. The Hall–Kier alpha value is -3.35. The zero-order valence-electron chi connectivity index (χ0n) is 12.6. The summed E-state index contributed by atoms with van der Waals surface area (Å²) in [4.78, 5) is 36.5. The molecule has 2 N–H and O–H groups in total. The van der Waals surface area contributed by atoms with Crippen LogP contribution in [0.4, 0.5) is 11.4 Å². The van der Waals surface area contributed by atoms with Gasteiger partial charge in [-0.3, -0.25) is 14.5 Å². The third-order valence-corrected chi connectivity index (χ3v) is 3.51. The SMILES string of the molecule is O=C(CN1C(=O)COc2cc(C(=O)O)ccc21)Nc1ccccc1. The number of amides is 2. The molecular weight excluding hydrogens is 312 g/mol. The van der Waals surface area contributed by atoms with Gasteiger partial charge in [0.15, 0.2) is 6.61 Å². The van der Waals surface area contributed by atoms with Crippen LogP contribution in [0.5, 0.6) is 5.75 Å². The number of para-hydroxylation sites is 1. The summed E-state index contributed by atoms with van der Waals surface area (Å²) in [6.07, 6.45) is 0. The van der Waals surface area contributed by atoms with Gasteiger partial charge in [0.25, 0.3) is 5.91 Å². The molecule has 7 nitrogen and oxygen atoms in total. The molecule has 1 heterocycles. The smallest absolute Gasteiger partial charge is 0.335 e. The minimum Gasteiger partial charge on any atom is -0.482 e. The Morgan fingerprint density at radius 3 is 2.62 bits per heavy atom. The van der Waals surface area contributed by atoms with E-state index in [2.05, 4.69) is 5.32 Å². The number of aromatic carboxylic acids is 1. The number of hydrogen-bond donors (Lipinski definition) is 2. The van der Waals surface area contributed by atoms with E-state index >= 15 is 0 Å². The Morgan fingerprint density at radius 2 is 1.92 bits per heavy atom. The van der Waals surface area contributed by atoms with Crippen LogP contribution in [-0.4, -0.2) is 36.0 Å². The molecule has 0 radical (unpaired) electrons. The third kappa shape index (κ3) is 3.19. The highest BCUT2D eigenvalue weighted by atomic mass is 16.5. The van der Waals surface area contributed by atoms with Crippen LogP contribution in [0.1, 0.15) is 10.4 Å². The molecule has 24 heavy (non-hydrogen) atoms. The van der Waals surface area contributed by atoms with Crippen molar-refractivity contribution in [1.82, 2.24) is 0 Å². The van der Waals surface area contributed by atoms with Gasteiger partial charge in [-0.1, -0.05) is 18.2 Å². The lowest BCUT2D eigenvalue weighted by Gasteiger charge is -2.29. The highest BCUT2D eigenvalue weighted by Crippen LogP contribution is 2.32. The van der Waals surface area contributed by atoms with Crippen LogP contribution in [0.2, 0.25) is 0 Å². The third-order valence-electron chi connectivity index (χ3n) is 3.51. The fourth-order valence-electron chi connectivity index (χ4n) is 2.38. The molecule has 122 valence electrons. The summed E-state index contributed by atoms with van der Waals surface area (Å²) in [7, 11) is 0. The average molecular weight is 326 g/mol. The number of nitrogens with zero attached hydrogens (tertiary/aromatic N) is 1. The van der Waals surface area contributed by atoms with Crippen LogP contribution in [-0.2, 0) is 9.59 Å². The maximum atomic E-state index is 12.2. The second-order valence-corrected chi connectivity index (χ2v) is 5.17. The van der Waals surface area contributed by atoms with E-state index in [1.165, 1.54) is 23.1 Å². The summed E-state index contributed by atoms with van der Waals surface area (Å²) in [5.74, 6) is -1.55. The molecule has 0 fully saturated rings. The highest BCUT2D eigenvalue weighted by Gasteiger charge is 2.28. The number of anilines is 2. The van der Waals surface area contributed by atoms with Crippen LogP contribution in [0.3, 0.4) is 0 Å². The van der Waals surface area contributed by atoms with Crippen molar-refractivity contribution >= 4 is 29.2 Å². The van der Waals surface area contributed by atoms with E-state index in [4.69, 9.17) is 9.84 Å². The molecule has 2 aromatic rings. The standard InChI is InChI=1S/C17H14N2O5/c20-15(18-12-4-2-1-3-5-12)9-19-13-7-6-11(17(22)23)8-14(13)24-10-16(19)21/h1-8H,9-10H2,(H,18,20)(H,22,23). The molecule has 0 spiro atoms. The Kier molecular flexibility index (Phi) is 4.15. The molecule has 2 aromatic carbocycles. The second-order valence-electron chi connectivity index (χ2n) is 5.17. The summed E-state index contributed by atoms with van der Waals surface area (Å²) in [5, 5.41) is 11.7. The van der Waals surface area contributed by atoms with Crippen molar-refractivity contribution in [1.29, 1.82) is 0 Å². The fraction of sp³-hybridized carbons (Fsp3) is 0.118. The van der Waals surface area contributed by atoms with Gasteiger partial charge >= 0.3 is 5.97 Å². The zero-order chi connectivity index (χ0) is 17.1. The number of carboxylic acids is 1. The van der Waals surface area contributed by atoms with Crippen LogP contribution < -0.4 is 15.0 Å². The van der Waals surface area contributed by atoms with Crippen molar-refractivity contribution in [3.05, 3.63) is 54.1 Å². The second kappa shape index (κ2) is 6.41. The minimum atomic E-state index is -1.09. The van der Waals surface area contributed by atoms with Crippen LogP contribution in [0.15, 0.2) is 48.5 Å². The van der Waals surface area contributed by atoms with E-state index in [1.54, 1.807) is 24.3 Å². The number of carbonyl (C=O) groups excluding carboxylic acids is 2. The van der Waals surface area contributed by atoms with Crippen molar-refractivity contribution in [2.24, 2.45) is 0 Å². The largest absolute Gasteiger partial charge is 0.482 e. The molecular formula is C17H14N2O5. The number of benzene rings is 2. The Morgan fingerprint density at radius 1 is 1.17 bits per heavy atom. The number of carbonyl (C=O) groups is 3. The van der Waals surface area contributed by atoms with Crippen molar-refractivity contribution < 1.29 is 24.2 Å². The molecule has 0 bridgehead atoms. The molecule has 1 aliphatic rings. The van der Waals surface area contributed by atoms with Gasteiger partial charge in [0.2, 0.25) is 5.91 Å². The Bertz CT molecular complexity index is 804. The molecule has 2 amide bonds. The molecule has 0 saturated carbocycles. The lowest BCUT2D eigenvalue weighted by atomic mass is 10.1. The number of carboxylic acid groups (broad SMARTS) is 1. The molecule has 7 heteroatoms. The summed E-state index contributed by atoms with van der Waals surface area (Å²) >= 11 is 0. The van der Waals surface area contributed by atoms with Gasteiger partial charge in [-0.2, -0.15) is 0 Å². The van der Waals surface area contributed by atoms with E-state index < -0.39 is 5.97 Å². The van der Waals surface area contributed by atoms with Gasteiger partial charge in [0.1, 0.15) is 12.3 Å². The molecule has 1 aliphatic heterocycles. The van der Waals surface area contributed by atoms with E-state index in [1.807, 2.05) is 6.07 Å². The quantitative estimate of drug-likeness (QED) is 0.892. The van der Waals surface area contributed by atoms with Gasteiger partial charge in [0.05, 0.1) is 11.3 Å². The van der Waals surface area contributed by atoms with Gasteiger partial charge in [-0.25, -0.2) is 4.79 Å². The summed E-state index contributed by atoms with van der Waals surface area (Å²) < 4.78 is 5.27. The number of rotatable bonds is 4. The number of nitrogens with one attached hydrogen (secondary N) is 1. The van der Waals surface area contributed by atoms with Gasteiger partial charge < -0.3 is 15.2 Å². The van der Waals surface area contributed by atoms with E-state index in [-0.39, 0.29) is 36.3 Å². The van der Waals surface area contributed by atoms with Crippen molar-refractivity contribution in [2.45, 2.75) is 0 Å². The Balaban J connectivity index is 1.79. The average Bonchev–Trinajstić information content (AvgIpc) is 2.58. The summed E-state index contributed by atoms with van der Waals surface area (Å²) in [6, 6.07) is 13.1. The first kappa shape index (κ1) is 15.5. The summed E-state index contributed by atoms with van der Waals surface area (Å²) in [5.41, 5.74) is 1.06. The zero-order valence-corrected chi connectivity index (χ0v) is 12.6. The monoisotopic (exact) mass is 326 g/mol. The molecule has 3 rings (SSSR count). The highest BCUT2D eigenvalue weighted by molar-refractivity contribution is 6.05. The van der Waals surface area contributed by atoms with Crippen LogP contribution >= 0.6 is 0 Å². The van der Waals surface area contributed by atoms with Crippen molar-refractivity contribution in [3.63, 3.8) is 0 Å². The van der Waals surface area contributed by atoms with Crippen molar-refractivity contribution in [3.8, 4) is 5.75 Å². The van der Waals surface area contributed by atoms with Crippen molar-refractivity contribution in [2.75, 3.05) is 23.4 Å². The lowest BCUT2D eigenvalue weighted by molar-refractivity contribution is -0.123. The maximum absolute atomic E-state index is 12.2. The molecule has 0 saturated heterocycles. The van der Waals surface area contributed by atoms with Crippen LogP contribution in [0.25, 0.3) is 0 Å². The predicted molar refractivity (Wildman–Crippen MR) is 86.3 cm³/mol. The molecule has 0 unspecified atom stereocenters. The normalized spacial score (nSPS) is 13.0. The lowest BCUT2D eigenvalue weighted by Crippen LogP contribution is -2.43. The first-order chi connectivity index (χ1) is 11.5. The van der Waals surface area contributed by atoms with Crippen LogP contribution in [0, 0.1) is 0 Å². The topological polar surface area (TPSA) is 95.9 Å². The Labute approximate surface area is 137 Å². The molecule has 0 atom stereocenters. The van der Waals surface area contributed by atoms with Gasteiger partial charge in [-0.05, 0) is 30.3 Å². The first-order valence-electron chi connectivity index (χ1n) is 7.20. The number of fused-ring (bicyclic) bond motifs is 1. The molecule has 0 aromatic heterocycles. The predicted octanol–water partition coefficient (Wildman–Crippen LogP) is 1.75.